The summed E-state index contributed by atoms with van der Waals surface area (Å²) in [6.07, 6.45) is 0.345. The van der Waals surface area contributed by atoms with E-state index in [9.17, 15) is 4.79 Å². The molecule has 2 aromatic rings. The van der Waals surface area contributed by atoms with Crippen molar-refractivity contribution < 1.29 is 9.53 Å². The molecule has 1 aliphatic heterocycles. The third-order valence-corrected chi connectivity index (χ3v) is 4.48. The lowest BCUT2D eigenvalue weighted by Gasteiger charge is -2.17. The van der Waals surface area contributed by atoms with Gasteiger partial charge in [-0.2, -0.15) is 0 Å². The van der Waals surface area contributed by atoms with Gasteiger partial charge in [0.05, 0.1) is 13.5 Å². The van der Waals surface area contributed by atoms with E-state index in [1.807, 2.05) is 47.4 Å². The zero-order valence-electron chi connectivity index (χ0n) is 13.7. The summed E-state index contributed by atoms with van der Waals surface area (Å²) >= 11 is 0. The molecular weight excluding hydrogens is 324 g/mol. The molecule has 3 rings (SSSR count). The number of hydrogen-bond donors (Lipinski definition) is 1. The second-order valence-corrected chi connectivity index (χ2v) is 5.97. The highest BCUT2D eigenvalue weighted by Gasteiger charge is 2.33. The number of rotatable bonds is 4. The molecule has 2 atom stereocenters. The number of carbonyl (C=O) groups excluding carboxylic acids is 1. The average Bonchev–Trinajstić information content (AvgIpc) is 2.98. The molecule has 1 fully saturated rings. The molecule has 4 nitrogen and oxygen atoms in total. The second kappa shape index (κ2) is 8.18. The van der Waals surface area contributed by atoms with Gasteiger partial charge < -0.3 is 15.4 Å². The van der Waals surface area contributed by atoms with Gasteiger partial charge in [0, 0.05) is 30.6 Å². The van der Waals surface area contributed by atoms with Gasteiger partial charge in [-0.1, -0.05) is 48.5 Å². The molecule has 5 heteroatoms. The maximum atomic E-state index is 12.6. The zero-order valence-corrected chi connectivity index (χ0v) is 14.5. The highest BCUT2D eigenvalue weighted by Crippen LogP contribution is 2.27. The monoisotopic (exact) mass is 346 g/mol. The molecule has 0 radical (unpaired) electrons. The first-order valence-electron chi connectivity index (χ1n) is 7.89. The van der Waals surface area contributed by atoms with Crippen molar-refractivity contribution in [3.8, 4) is 5.75 Å². The van der Waals surface area contributed by atoms with Crippen LogP contribution in [0.4, 0.5) is 0 Å². The summed E-state index contributed by atoms with van der Waals surface area (Å²) in [6, 6.07) is 17.8. The molecule has 1 aliphatic rings. The van der Waals surface area contributed by atoms with Gasteiger partial charge in [-0.3, -0.25) is 4.79 Å². The van der Waals surface area contributed by atoms with E-state index in [-0.39, 0.29) is 30.3 Å². The predicted molar refractivity (Wildman–Crippen MR) is 97.7 cm³/mol. The number of benzene rings is 2. The predicted octanol–water partition coefficient (Wildman–Crippen LogP) is 2.61. The van der Waals surface area contributed by atoms with Gasteiger partial charge in [0.25, 0.3) is 0 Å². The van der Waals surface area contributed by atoms with Gasteiger partial charge in [0.2, 0.25) is 5.91 Å². The summed E-state index contributed by atoms with van der Waals surface area (Å²) in [7, 11) is 1.63. The molecule has 1 saturated heterocycles. The number of halogens is 1. The van der Waals surface area contributed by atoms with E-state index in [2.05, 4.69) is 12.1 Å². The lowest BCUT2D eigenvalue weighted by Crippen LogP contribution is -2.33. The SMILES string of the molecule is COc1ccccc1CC(=O)N1C[C@@H](N)[C@H](c2ccccc2)C1.Cl. The summed E-state index contributed by atoms with van der Waals surface area (Å²) in [5.74, 6) is 1.06. The number of carbonyl (C=O) groups is 1. The van der Waals surface area contributed by atoms with Crippen molar-refractivity contribution in [2.45, 2.75) is 18.4 Å². The Hall–Kier alpha value is -2.04. The molecule has 2 N–H and O–H groups in total. The Bertz CT molecular complexity index is 678. The van der Waals surface area contributed by atoms with Crippen LogP contribution >= 0.6 is 12.4 Å². The molecule has 1 heterocycles. The minimum atomic E-state index is -0.0148. The van der Waals surface area contributed by atoms with E-state index in [0.717, 1.165) is 11.3 Å². The smallest absolute Gasteiger partial charge is 0.227 e. The van der Waals surface area contributed by atoms with Crippen molar-refractivity contribution in [1.29, 1.82) is 0 Å². The molecule has 0 saturated carbocycles. The first-order chi connectivity index (χ1) is 11.2. The fourth-order valence-corrected chi connectivity index (χ4v) is 3.21. The van der Waals surface area contributed by atoms with Crippen LogP contribution in [0.2, 0.25) is 0 Å². The van der Waals surface area contributed by atoms with Crippen molar-refractivity contribution in [1.82, 2.24) is 4.90 Å². The molecule has 0 spiro atoms. The summed E-state index contributed by atoms with van der Waals surface area (Å²) < 4.78 is 5.32. The number of likely N-dealkylation sites (tertiary alicyclic amines) is 1. The van der Waals surface area contributed by atoms with E-state index >= 15 is 0 Å². The standard InChI is InChI=1S/C19H22N2O2.ClH/c1-23-18-10-6-5-9-15(18)11-19(22)21-12-16(17(20)13-21)14-7-3-2-4-8-14;/h2-10,16-17H,11-13,20H2,1H3;1H/t16-,17+;/m0./s1. The number of para-hydroxylation sites is 1. The largest absolute Gasteiger partial charge is 0.496 e. The highest BCUT2D eigenvalue weighted by atomic mass is 35.5. The first kappa shape index (κ1) is 18.3. The van der Waals surface area contributed by atoms with Crippen LogP contribution < -0.4 is 10.5 Å². The van der Waals surface area contributed by atoms with Crippen molar-refractivity contribution in [2.24, 2.45) is 5.73 Å². The second-order valence-electron chi connectivity index (χ2n) is 5.97. The van der Waals surface area contributed by atoms with E-state index in [1.54, 1.807) is 7.11 Å². The minimum absolute atomic E-state index is 0. The Labute approximate surface area is 149 Å². The topological polar surface area (TPSA) is 55.6 Å². The molecule has 0 aromatic heterocycles. The Morgan fingerprint density at radius 2 is 1.79 bits per heavy atom. The van der Waals surface area contributed by atoms with Gasteiger partial charge in [-0.25, -0.2) is 0 Å². The normalized spacial score (nSPS) is 19.7. The molecule has 24 heavy (non-hydrogen) atoms. The minimum Gasteiger partial charge on any atom is -0.496 e. The lowest BCUT2D eigenvalue weighted by molar-refractivity contribution is -0.129. The van der Waals surface area contributed by atoms with Gasteiger partial charge >= 0.3 is 0 Å². The molecule has 1 amide bonds. The molecule has 128 valence electrons. The van der Waals surface area contributed by atoms with Crippen LogP contribution in [-0.2, 0) is 11.2 Å². The molecule has 0 unspecified atom stereocenters. The third-order valence-electron chi connectivity index (χ3n) is 4.48. The number of hydrogen-bond acceptors (Lipinski definition) is 3. The maximum Gasteiger partial charge on any atom is 0.227 e. The number of methoxy groups -OCH3 is 1. The Kier molecular flexibility index (Phi) is 6.23. The zero-order chi connectivity index (χ0) is 16.2. The Morgan fingerprint density at radius 3 is 2.50 bits per heavy atom. The van der Waals surface area contributed by atoms with Crippen LogP contribution in [0.15, 0.2) is 54.6 Å². The van der Waals surface area contributed by atoms with Crippen LogP contribution in [-0.4, -0.2) is 37.0 Å². The maximum absolute atomic E-state index is 12.6. The molecular formula is C19H23ClN2O2. The molecule has 2 aromatic carbocycles. The fourth-order valence-electron chi connectivity index (χ4n) is 3.21. The Morgan fingerprint density at radius 1 is 1.12 bits per heavy atom. The lowest BCUT2D eigenvalue weighted by atomic mass is 9.95. The summed E-state index contributed by atoms with van der Waals surface area (Å²) in [4.78, 5) is 14.5. The van der Waals surface area contributed by atoms with Crippen LogP contribution in [0, 0.1) is 0 Å². The van der Waals surface area contributed by atoms with Gasteiger partial charge in [-0.05, 0) is 11.6 Å². The van der Waals surface area contributed by atoms with Gasteiger partial charge in [0.15, 0.2) is 0 Å². The fraction of sp³-hybridized carbons (Fsp3) is 0.316. The van der Waals surface area contributed by atoms with Crippen molar-refractivity contribution in [2.75, 3.05) is 20.2 Å². The molecule has 0 bridgehead atoms. The van der Waals surface area contributed by atoms with Crippen molar-refractivity contribution in [3.05, 3.63) is 65.7 Å². The van der Waals surface area contributed by atoms with E-state index in [4.69, 9.17) is 10.5 Å². The third kappa shape index (κ3) is 3.89. The summed E-state index contributed by atoms with van der Waals surface area (Å²) in [5.41, 5.74) is 8.39. The van der Waals surface area contributed by atoms with Crippen LogP contribution in [0.5, 0.6) is 5.75 Å². The number of amides is 1. The van der Waals surface area contributed by atoms with Crippen LogP contribution in [0.1, 0.15) is 17.0 Å². The van der Waals surface area contributed by atoms with Crippen molar-refractivity contribution >= 4 is 18.3 Å². The number of nitrogens with two attached hydrogens (primary N) is 1. The Balaban J connectivity index is 0.00000208. The number of nitrogens with zero attached hydrogens (tertiary/aromatic N) is 1. The first-order valence-corrected chi connectivity index (χ1v) is 7.89. The highest BCUT2D eigenvalue weighted by molar-refractivity contribution is 5.85. The quantitative estimate of drug-likeness (QED) is 0.925. The van der Waals surface area contributed by atoms with Crippen LogP contribution in [0.3, 0.4) is 0 Å². The summed E-state index contributed by atoms with van der Waals surface area (Å²) in [5, 5.41) is 0. The van der Waals surface area contributed by atoms with Crippen LogP contribution in [0.25, 0.3) is 0 Å². The van der Waals surface area contributed by atoms with E-state index in [0.29, 0.717) is 19.5 Å². The van der Waals surface area contributed by atoms with E-state index < -0.39 is 0 Å². The van der Waals surface area contributed by atoms with E-state index in [1.165, 1.54) is 5.56 Å². The van der Waals surface area contributed by atoms with Gasteiger partial charge in [-0.15, -0.1) is 12.4 Å². The van der Waals surface area contributed by atoms with Crippen molar-refractivity contribution in [3.63, 3.8) is 0 Å². The average molecular weight is 347 g/mol. The summed E-state index contributed by atoms with van der Waals surface area (Å²) in [6.45, 7) is 1.28. The molecule has 0 aliphatic carbocycles. The number of ether oxygens (including phenoxy) is 1. The van der Waals surface area contributed by atoms with Gasteiger partial charge in [0.1, 0.15) is 5.75 Å².